The Bertz CT molecular complexity index is 1610. The molecule has 0 unspecified atom stereocenters. The molecule has 3 saturated heterocycles. The van der Waals surface area contributed by atoms with Gasteiger partial charge in [-0.3, -0.25) is 0 Å². The summed E-state index contributed by atoms with van der Waals surface area (Å²) in [4.78, 5) is 13.4. The molecule has 0 spiro atoms. The van der Waals surface area contributed by atoms with Crippen molar-refractivity contribution in [3.05, 3.63) is 53.6 Å². The third-order valence-electron chi connectivity index (χ3n) is 9.50. The Morgan fingerprint density at radius 3 is 2.27 bits per heavy atom. The number of carbonyl (C=O) groups is 1. The van der Waals surface area contributed by atoms with Gasteiger partial charge in [-0.15, -0.1) is 0 Å². The van der Waals surface area contributed by atoms with Crippen LogP contribution in [0.3, 0.4) is 0 Å². The van der Waals surface area contributed by atoms with E-state index in [2.05, 4.69) is 0 Å². The summed E-state index contributed by atoms with van der Waals surface area (Å²) in [5.41, 5.74) is -0.974. The normalized spacial score (nSPS) is 35.2. The first-order valence-electron chi connectivity index (χ1n) is 17.4. The molecule has 19 heteroatoms. The van der Waals surface area contributed by atoms with Gasteiger partial charge in [-0.25, -0.2) is 4.79 Å². The van der Waals surface area contributed by atoms with Gasteiger partial charge in [0.2, 0.25) is 0 Å². The first kappa shape index (κ1) is 42.5. The molecule has 9 N–H and O–H groups in total. The number of methoxy groups -OCH3 is 2. The largest absolute Gasteiger partial charge is 0.504 e. The second kappa shape index (κ2) is 18.5. The van der Waals surface area contributed by atoms with Crippen LogP contribution in [0, 0.1) is 0 Å². The van der Waals surface area contributed by atoms with E-state index in [1.165, 1.54) is 51.5 Å². The van der Waals surface area contributed by atoms with Gasteiger partial charge < -0.3 is 88.6 Å². The second-order valence-electron chi connectivity index (χ2n) is 13.3. The van der Waals surface area contributed by atoms with E-state index in [-0.39, 0.29) is 36.0 Å². The highest BCUT2D eigenvalue weighted by molar-refractivity contribution is 5.87. The third-order valence-corrected chi connectivity index (χ3v) is 9.50. The van der Waals surface area contributed by atoms with Crippen LogP contribution >= 0.6 is 0 Å². The van der Waals surface area contributed by atoms with Crippen LogP contribution < -0.4 is 9.47 Å². The topological polar surface area (TPSA) is 282 Å². The Kier molecular flexibility index (Phi) is 14.3. The number of phenolic OH excluding ortho intramolecular Hbond substituents is 2. The minimum atomic E-state index is -2.04. The molecule has 3 aliphatic heterocycles. The Balaban J connectivity index is 1.42. The van der Waals surface area contributed by atoms with E-state index in [0.717, 1.165) is 6.08 Å². The van der Waals surface area contributed by atoms with E-state index in [1.807, 2.05) is 0 Å². The fourth-order valence-electron chi connectivity index (χ4n) is 6.19. The monoisotopic (exact) mass is 784 g/mol. The van der Waals surface area contributed by atoms with Crippen molar-refractivity contribution in [2.45, 2.75) is 92.8 Å². The molecule has 2 aromatic carbocycles. The average Bonchev–Trinajstić information content (AvgIpc) is 3.46. The molecule has 19 nitrogen and oxygen atoms in total. The summed E-state index contributed by atoms with van der Waals surface area (Å²) < 4.78 is 50.6. The summed E-state index contributed by atoms with van der Waals surface area (Å²) in [7, 11) is 2.75. The predicted molar refractivity (Wildman–Crippen MR) is 184 cm³/mol. The molecule has 55 heavy (non-hydrogen) atoms. The molecule has 306 valence electrons. The van der Waals surface area contributed by atoms with Crippen molar-refractivity contribution in [2.24, 2.45) is 0 Å². The first-order valence-corrected chi connectivity index (χ1v) is 17.4. The molecule has 3 heterocycles. The highest BCUT2D eigenvalue weighted by Gasteiger charge is 2.54. The Hall–Kier alpha value is -3.67. The van der Waals surface area contributed by atoms with E-state index >= 15 is 0 Å². The summed E-state index contributed by atoms with van der Waals surface area (Å²) in [5.74, 6) is -0.850. The Morgan fingerprint density at radius 1 is 0.855 bits per heavy atom. The number of carbonyl (C=O) groups excluding carboxylic acids is 1. The van der Waals surface area contributed by atoms with Crippen molar-refractivity contribution in [1.82, 2.24) is 0 Å². The molecule has 0 bridgehead atoms. The molecule has 2 aromatic rings. The minimum Gasteiger partial charge on any atom is -0.504 e. The first-order chi connectivity index (χ1) is 26.2. The molecule has 0 saturated carbocycles. The summed E-state index contributed by atoms with van der Waals surface area (Å²) in [5, 5.41) is 94.0. The van der Waals surface area contributed by atoms with E-state index < -0.39 is 105 Å². The number of benzene rings is 2. The molecular weight excluding hydrogens is 736 g/mol. The summed E-state index contributed by atoms with van der Waals surface area (Å²) in [6.07, 6.45) is -16.4. The maximum absolute atomic E-state index is 13.4. The van der Waals surface area contributed by atoms with Gasteiger partial charge >= 0.3 is 5.97 Å². The highest BCUT2D eigenvalue weighted by atomic mass is 16.8. The zero-order valence-electron chi connectivity index (χ0n) is 30.2. The van der Waals surface area contributed by atoms with E-state index in [9.17, 15) is 50.8 Å². The van der Waals surface area contributed by atoms with Crippen molar-refractivity contribution in [2.75, 3.05) is 40.6 Å². The molecule has 13 atom stereocenters. The fraction of sp³-hybridized carbons (Fsp3) is 0.583. The maximum Gasteiger partial charge on any atom is 0.331 e. The van der Waals surface area contributed by atoms with Crippen molar-refractivity contribution in [3.63, 3.8) is 0 Å². The number of phenols is 2. The van der Waals surface area contributed by atoms with E-state index in [1.54, 1.807) is 12.1 Å². The molecule has 0 radical (unpaired) electrons. The van der Waals surface area contributed by atoms with Crippen LogP contribution in [0.4, 0.5) is 0 Å². The van der Waals surface area contributed by atoms with Gasteiger partial charge in [-0.05, 0) is 54.8 Å². The lowest BCUT2D eigenvalue weighted by Gasteiger charge is -2.46. The number of hydrogen-bond donors (Lipinski definition) is 9. The van der Waals surface area contributed by atoms with Gasteiger partial charge in [-0.1, -0.05) is 12.1 Å². The number of aliphatic hydroxyl groups is 7. The van der Waals surface area contributed by atoms with Crippen molar-refractivity contribution >= 4 is 12.0 Å². The van der Waals surface area contributed by atoms with Crippen LogP contribution in [0.1, 0.15) is 18.1 Å². The van der Waals surface area contributed by atoms with Crippen LogP contribution in [-0.2, 0) is 44.4 Å². The quantitative estimate of drug-likeness (QED) is 0.0701. The smallest absolute Gasteiger partial charge is 0.331 e. The SMILES string of the molecule is COc1ccc(CCO[C@@H]2O[C@@H](CO[C@@H]3OC[C@](O)(CO)[C@H]3O)[C@@H](OC(=O)/C=C/c3ccc(O)c(OC)c3)[C@H](O[C@@H]3O[C@@H](C)[C@H](O)[C@@H](O)[C@@H]3O)[C@H]2O)cc1O. The number of aliphatic hydroxyl groups excluding tert-OH is 6. The molecule has 0 aliphatic carbocycles. The van der Waals surface area contributed by atoms with Crippen molar-refractivity contribution in [3.8, 4) is 23.0 Å². The van der Waals surface area contributed by atoms with Crippen LogP contribution in [-0.4, -0.2) is 172 Å². The average molecular weight is 785 g/mol. The Morgan fingerprint density at radius 2 is 1.60 bits per heavy atom. The molecule has 3 aliphatic rings. The van der Waals surface area contributed by atoms with Gasteiger partial charge in [0.1, 0.15) is 48.3 Å². The number of ether oxygens (including phenoxy) is 9. The van der Waals surface area contributed by atoms with Crippen molar-refractivity contribution < 1.29 is 93.4 Å². The zero-order valence-corrected chi connectivity index (χ0v) is 30.2. The molecule has 0 amide bonds. The summed E-state index contributed by atoms with van der Waals surface area (Å²) in [6, 6.07) is 9.00. The van der Waals surface area contributed by atoms with Crippen LogP contribution in [0.25, 0.3) is 6.08 Å². The molecular formula is C36H48O19. The molecule has 3 fully saturated rings. The van der Waals surface area contributed by atoms with Gasteiger partial charge in [0, 0.05) is 6.08 Å². The van der Waals surface area contributed by atoms with E-state index in [4.69, 9.17) is 42.6 Å². The van der Waals surface area contributed by atoms with Gasteiger partial charge in [-0.2, -0.15) is 0 Å². The lowest BCUT2D eigenvalue weighted by molar-refractivity contribution is -0.360. The van der Waals surface area contributed by atoms with Gasteiger partial charge in [0.15, 0.2) is 48.0 Å². The molecule has 5 rings (SSSR count). The van der Waals surface area contributed by atoms with Crippen molar-refractivity contribution in [1.29, 1.82) is 0 Å². The van der Waals surface area contributed by atoms with Crippen LogP contribution in [0.15, 0.2) is 42.5 Å². The second-order valence-corrected chi connectivity index (χ2v) is 13.3. The highest BCUT2D eigenvalue weighted by Crippen LogP contribution is 2.34. The predicted octanol–water partition coefficient (Wildman–Crippen LogP) is -1.94. The van der Waals surface area contributed by atoms with Gasteiger partial charge in [0.25, 0.3) is 0 Å². The summed E-state index contributed by atoms with van der Waals surface area (Å²) in [6.45, 7) is -0.579. The Labute approximate surface area is 315 Å². The lowest BCUT2D eigenvalue weighted by Crippen LogP contribution is -2.65. The number of aromatic hydroxyl groups is 2. The fourth-order valence-corrected chi connectivity index (χ4v) is 6.19. The van der Waals surface area contributed by atoms with Crippen LogP contribution in [0.2, 0.25) is 0 Å². The lowest BCUT2D eigenvalue weighted by atomic mass is 9.96. The summed E-state index contributed by atoms with van der Waals surface area (Å²) >= 11 is 0. The van der Waals surface area contributed by atoms with E-state index in [0.29, 0.717) is 11.1 Å². The number of esters is 1. The minimum absolute atomic E-state index is 0.102. The third kappa shape index (κ3) is 9.84. The molecule has 0 aromatic heterocycles. The van der Waals surface area contributed by atoms with Gasteiger partial charge in [0.05, 0.1) is 46.8 Å². The number of rotatable bonds is 15. The van der Waals surface area contributed by atoms with Crippen LogP contribution in [0.5, 0.6) is 23.0 Å². The number of hydrogen-bond acceptors (Lipinski definition) is 19. The standard InChI is InChI=1S/C36H48O19/c1-17-26(41)27(42)28(43)34(52-17)55-31-29(44)33(49-11-10-19-5-8-22(47-2)21(39)12-19)53-24(14-50-35-32(45)36(46,15-37)16-51-35)30(31)54-25(40)9-6-18-4-7-20(38)23(13-18)48-3/h4-9,12-13,17,24,26-35,37-39,41-46H,10-11,14-16H2,1-3H3/b9-6+/t17-,24-,26-,27+,28-,29+,30+,31+,32-,33+,34-,35+,36+/m0/s1. The maximum atomic E-state index is 13.4. The zero-order chi connectivity index (χ0) is 40.0.